The summed E-state index contributed by atoms with van der Waals surface area (Å²) < 4.78 is 0. The maximum atomic E-state index is 11.3. The first-order valence-electron chi connectivity index (χ1n) is 3.83. The molecular formula is C7H9N5O. The number of carbonyl (C=O) groups excluding carboxylic acids is 1. The fraction of sp³-hybridized carbons (Fsp3) is 0.286. The second kappa shape index (κ2) is 2.67. The van der Waals surface area contributed by atoms with Crippen LogP contribution in [0.4, 0.5) is 5.82 Å². The zero-order valence-electron chi connectivity index (χ0n) is 7.03. The lowest BCUT2D eigenvalue weighted by Crippen LogP contribution is -2.51. The second-order valence-electron chi connectivity index (χ2n) is 2.80. The number of nitrogens with zero attached hydrogens (tertiary/aromatic N) is 2. The number of carbonyl (C=O) groups is 1. The maximum Gasteiger partial charge on any atom is 0.276 e. The van der Waals surface area contributed by atoms with Crippen molar-refractivity contribution in [2.24, 2.45) is 5.73 Å². The summed E-state index contributed by atoms with van der Waals surface area (Å²) in [5.74, 6) is 0.144. The van der Waals surface area contributed by atoms with E-state index in [1.165, 1.54) is 6.20 Å². The van der Waals surface area contributed by atoms with Gasteiger partial charge < -0.3 is 10.6 Å². The molecule has 0 bridgehead atoms. The molecule has 2 rings (SSSR count). The van der Waals surface area contributed by atoms with Crippen molar-refractivity contribution in [2.75, 3.05) is 5.32 Å². The quantitative estimate of drug-likeness (QED) is 0.484. The highest BCUT2D eigenvalue weighted by atomic mass is 16.2. The monoisotopic (exact) mass is 179 g/mol. The number of anilines is 1. The van der Waals surface area contributed by atoms with Crippen molar-refractivity contribution in [3.63, 3.8) is 0 Å². The van der Waals surface area contributed by atoms with E-state index in [-0.39, 0.29) is 11.6 Å². The minimum absolute atomic E-state index is 0.285. The van der Waals surface area contributed by atoms with Crippen molar-refractivity contribution in [1.29, 1.82) is 0 Å². The predicted molar refractivity (Wildman–Crippen MR) is 45.8 cm³/mol. The highest BCUT2D eigenvalue weighted by Gasteiger charge is 2.23. The van der Waals surface area contributed by atoms with E-state index in [9.17, 15) is 4.79 Å². The molecule has 0 aliphatic carbocycles. The molecule has 0 spiro atoms. The highest BCUT2D eigenvalue weighted by Crippen LogP contribution is 2.13. The van der Waals surface area contributed by atoms with Crippen LogP contribution in [-0.2, 0) is 0 Å². The molecule has 1 aromatic heterocycles. The Morgan fingerprint density at radius 1 is 1.54 bits per heavy atom. The van der Waals surface area contributed by atoms with Crippen LogP contribution in [0.1, 0.15) is 16.2 Å². The molecule has 2 heterocycles. The van der Waals surface area contributed by atoms with Gasteiger partial charge in [-0.2, -0.15) is 0 Å². The van der Waals surface area contributed by atoms with Crippen LogP contribution < -0.4 is 16.4 Å². The Labute approximate surface area is 74.6 Å². The van der Waals surface area contributed by atoms with Gasteiger partial charge in [0.25, 0.3) is 5.91 Å². The number of fused-ring (bicyclic) bond motifs is 1. The second-order valence-corrected chi connectivity index (χ2v) is 2.80. The number of hydrogen-bond acceptors (Lipinski definition) is 5. The molecule has 0 fully saturated rings. The third-order valence-electron chi connectivity index (χ3n) is 1.69. The van der Waals surface area contributed by atoms with Gasteiger partial charge in [0.05, 0.1) is 5.69 Å². The molecule has 4 N–H and O–H groups in total. The first-order valence-corrected chi connectivity index (χ1v) is 3.83. The Kier molecular flexibility index (Phi) is 1.63. The van der Waals surface area contributed by atoms with E-state index in [1.54, 1.807) is 6.92 Å². The number of aryl methyl sites for hydroxylation is 1. The van der Waals surface area contributed by atoms with Crippen LogP contribution in [0, 0.1) is 6.92 Å². The molecule has 68 valence electrons. The standard InChI is InChI=1S/C7H9N5O/c1-3-2-9-4-5(10-3)11-7(8)12-6(4)13/h2,7H,8H2,1H3,(H,10,11)(H,12,13). The van der Waals surface area contributed by atoms with E-state index < -0.39 is 6.29 Å². The van der Waals surface area contributed by atoms with Gasteiger partial charge in [0.2, 0.25) is 0 Å². The minimum Gasteiger partial charge on any atom is -0.336 e. The average Bonchev–Trinajstić information content (AvgIpc) is 2.02. The third-order valence-corrected chi connectivity index (χ3v) is 1.69. The lowest BCUT2D eigenvalue weighted by Gasteiger charge is -2.22. The van der Waals surface area contributed by atoms with E-state index in [1.807, 2.05) is 0 Å². The van der Waals surface area contributed by atoms with Crippen LogP contribution in [0.2, 0.25) is 0 Å². The largest absolute Gasteiger partial charge is 0.336 e. The van der Waals surface area contributed by atoms with E-state index in [4.69, 9.17) is 5.73 Å². The molecule has 1 aromatic rings. The summed E-state index contributed by atoms with van der Waals surface area (Å²) in [7, 11) is 0. The number of nitrogens with two attached hydrogens (primary N) is 1. The van der Waals surface area contributed by atoms with Crippen LogP contribution in [0.5, 0.6) is 0 Å². The molecule has 1 aliphatic rings. The topological polar surface area (TPSA) is 92.9 Å². The number of nitrogens with one attached hydrogen (secondary N) is 2. The van der Waals surface area contributed by atoms with Crippen LogP contribution >= 0.6 is 0 Å². The van der Waals surface area contributed by atoms with E-state index in [2.05, 4.69) is 20.6 Å². The average molecular weight is 179 g/mol. The number of hydrogen-bond donors (Lipinski definition) is 3. The summed E-state index contributed by atoms with van der Waals surface area (Å²) in [4.78, 5) is 19.3. The van der Waals surface area contributed by atoms with Gasteiger partial charge in [-0.3, -0.25) is 10.5 Å². The zero-order chi connectivity index (χ0) is 9.42. The molecule has 0 aromatic carbocycles. The van der Waals surface area contributed by atoms with Gasteiger partial charge in [-0.25, -0.2) is 9.97 Å². The van der Waals surface area contributed by atoms with Crippen molar-refractivity contribution in [3.8, 4) is 0 Å². The van der Waals surface area contributed by atoms with Crippen molar-refractivity contribution in [3.05, 3.63) is 17.6 Å². The summed E-state index contributed by atoms with van der Waals surface area (Å²) in [6.45, 7) is 1.80. The van der Waals surface area contributed by atoms with Crippen molar-refractivity contribution >= 4 is 11.7 Å². The summed E-state index contributed by atoms with van der Waals surface area (Å²) in [6, 6.07) is 0. The molecular weight excluding hydrogens is 170 g/mol. The van der Waals surface area contributed by atoms with Crippen molar-refractivity contribution < 1.29 is 4.79 Å². The molecule has 1 aliphatic heterocycles. The molecule has 0 saturated heterocycles. The van der Waals surface area contributed by atoms with Gasteiger partial charge in [-0.1, -0.05) is 0 Å². The number of amides is 1. The molecule has 13 heavy (non-hydrogen) atoms. The normalized spacial score (nSPS) is 20.2. The van der Waals surface area contributed by atoms with E-state index in [0.717, 1.165) is 5.69 Å². The molecule has 1 amide bonds. The first kappa shape index (κ1) is 7.93. The minimum atomic E-state index is -0.587. The van der Waals surface area contributed by atoms with Gasteiger partial charge in [0, 0.05) is 6.20 Å². The predicted octanol–water partition coefficient (Wildman–Crippen LogP) is -0.817. The summed E-state index contributed by atoms with van der Waals surface area (Å²) >= 11 is 0. The summed E-state index contributed by atoms with van der Waals surface area (Å²) in [5, 5.41) is 5.28. The number of rotatable bonds is 0. The number of aromatic nitrogens is 2. The van der Waals surface area contributed by atoms with Crippen LogP contribution in [0.25, 0.3) is 0 Å². The SMILES string of the molecule is Cc1cnc2c(n1)NC(N)NC2=O. The fourth-order valence-corrected chi connectivity index (χ4v) is 1.14. The lowest BCUT2D eigenvalue weighted by molar-refractivity contribution is 0.0931. The Morgan fingerprint density at radius 2 is 2.31 bits per heavy atom. The lowest BCUT2D eigenvalue weighted by atomic mass is 10.3. The Balaban J connectivity index is 2.49. The van der Waals surface area contributed by atoms with Gasteiger partial charge in [-0.15, -0.1) is 0 Å². The third kappa shape index (κ3) is 1.31. The van der Waals surface area contributed by atoms with Crippen LogP contribution in [0.3, 0.4) is 0 Å². The molecule has 0 saturated carbocycles. The molecule has 1 unspecified atom stereocenters. The van der Waals surface area contributed by atoms with Crippen LogP contribution in [-0.4, -0.2) is 22.2 Å². The molecule has 0 radical (unpaired) electrons. The maximum absolute atomic E-state index is 11.3. The van der Waals surface area contributed by atoms with Crippen LogP contribution in [0.15, 0.2) is 6.20 Å². The fourth-order valence-electron chi connectivity index (χ4n) is 1.14. The summed E-state index contributed by atoms with van der Waals surface area (Å²) in [6.07, 6.45) is 0.952. The molecule has 6 nitrogen and oxygen atoms in total. The smallest absolute Gasteiger partial charge is 0.276 e. The van der Waals surface area contributed by atoms with E-state index in [0.29, 0.717) is 5.82 Å². The van der Waals surface area contributed by atoms with Gasteiger partial charge >= 0.3 is 0 Å². The zero-order valence-corrected chi connectivity index (χ0v) is 7.03. The first-order chi connectivity index (χ1) is 6.16. The van der Waals surface area contributed by atoms with Crippen molar-refractivity contribution in [2.45, 2.75) is 13.2 Å². The van der Waals surface area contributed by atoms with Gasteiger partial charge in [0.1, 0.15) is 0 Å². The van der Waals surface area contributed by atoms with E-state index >= 15 is 0 Å². The Bertz CT molecular complexity index is 364. The Hall–Kier alpha value is -1.69. The summed E-state index contributed by atoms with van der Waals surface area (Å²) in [5.41, 5.74) is 6.51. The Morgan fingerprint density at radius 3 is 3.08 bits per heavy atom. The highest BCUT2D eigenvalue weighted by molar-refractivity contribution is 5.98. The van der Waals surface area contributed by atoms with Crippen molar-refractivity contribution in [1.82, 2.24) is 15.3 Å². The van der Waals surface area contributed by atoms with Gasteiger partial charge in [0.15, 0.2) is 17.8 Å². The van der Waals surface area contributed by atoms with Gasteiger partial charge in [-0.05, 0) is 6.92 Å². The molecule has 6 heteroatoms. The molecule has 1 atom stereocenters.